The molecule has 1 heterocycles. The molecule has 0 fully saturated rings. The number of ether oxygens (including phenoxy) is 1. The predicted octanol–water partition coefficient (Wildman–Crippen LogP) is 3.48. The number of halogens is 1. The minimum absolute atomic E-state index is 0.406. The predicted molar refractivity (Wildman–Crippen MR) is 80.0 cm³/mol. The Hall–Kier alpha value is -1.46. The topological polar surface area (TPSA) is 47.0 Å². The number of benzene rings is 1. The summed E-state index contributed by atoms with van der Waals surface area (Å²) in [5.74, 6) is 1.50. The van der Waals surface area contributed by atoms with Gasteiger partial charge in [-0.25, -0.2) is 9.97 Å². The number of nitrogens with zero attached hydrogens (tertiary/aromatic N) is 2. The summed E-state index contributed by atoms with van der Waals surface area (Å²) < 4.78 is 6.16. The Morgan fingerprint density at radius 1 is 1.21 bits per heavy atom. The zero-order valence-corrected chi connectivity index (χ0v) is 12.6. The van der Waals surface area contributed by atoms with Gasteiger partial charge in [-0.15, -0.1) is 0 Å². The third-order valence-electron chi connectivity index (χ3n) is 2.54. The molecule has 1 aromatic heterocycles. The van der Waals surface area contributed by atoms with E-state index >= 15 is 0 Å². The number of aromatic nitrogens is 2. The largest absolute Gasteiger partial charge is 0.377 e. The lowest BCUT2D eigenvalue weighted by molar-refractivity contribution is 0.178. The van der Waals surface area contributed by atoms with Crippen LogP contribution in [0.15, 0.2) is 34.8 Å². The van der Waals surface area contributed by atoms with E-state index in [1.54, 1.807) is 7.11 Å². The number of nitrogens with one attached hydrogen (secondary N) is 1. The molecule has 0 radical (unpaired) electrons. The van der Waals surface area contributed by atoms with Crippen molar-refractivity contribution < 1.29 is 4.74 Å². The second-order valence-corrected chi connectivity index (χ2v) is 4.94. The molecule has 0 saturated carbocycles. The van der Waals surface area contributed by atoms with Crippen molar-refractivity contribution in [2.45, 2.75) is 13.5 Å². The van der Waals surface area contributed by atoms with Crippen molar-refractivity contribution in [3.63, 3.8) is 0 Å². The van der Waals surface area contributed by atoms with Crippen LogP contribution in [0.4, 0.5) is 5.82 Å². The summed E-state index contributed by atoms with van der Waals surface area (Å²) in [6.07, 6.45) is 0. The fraction of sp³-hybridized carbons (Fsp3) is 0.286. The van der Waals surface area contributed by atoms with Crippen molar-refractivity contribution in [3.8, 4) is 11.3 Å². The highest BCUT2D eigenvalue weighted by Crippen LogP contribution is 2.22. The SMILES string of the molecule is CCNc1cc(-c2ccc(Br)cc2)nc(COC)n1. The van der Waals surface area contributed by atoms with Gasteiger partial charge in [0, 0.05) is 29.8 Å². The summed E-state index contributed by atoms with van der Waals surface area (Å²) >= 11 is 3.43. The zero-order valence-electron chi connectivity index (χ0n) is 11.0. The van der Waals surface area contributed by atoms with E-state index in [1.165, 1.54) is 0 Å². The Morgan fingerprint density at radius 3 is 2.58 bits per heavy atom. The second kappa shape index (κ2) is 6.63. The van der Waals surface area contributed by atoms with Crippen LogP contribution < -0.4 is 5.32 Å². The Labute approximate surface area is 121 Å². The monoisotopic (exact) mass is 321 g/mol. The highest BCUT2D eigenvalue weighted by Gasteiger charge is 2.06. The number of rotatable bonds is 5. The normalized spacial score (nSPS) is 10.5. The van der Waals surface area contributed by atoms with Crippen LogP contribution in [-0.2, 0) is 11.3 Å². The van der Waals surface area contributed by atoms with E-state index in [0.29, 0.717) is 12.4 Å². The fourth-order valence-corrected chi connectivity index (χ4v) is 2.00. The Morgan fingerprint density at radius 2 is 1.95 bits per heavy atom. The molecule has 0 saturated heterocycles. The summed E-state index contributed by atoms with van der Waals surface area (Å²) in [6.45, 7) is 3.27. The van der Waals surface area contributed by atoms with E-state index in [1.807, 2.05) is 37.3 Å². The maximum atomic E-state index is 5.11. The van der Waals surface area contributed by atoms with Crippen molar-refractivity contribution in [3.05, 3.63) is 40.6 Å². The first kappa shape index (κ1) is 14.0. The van der Waals surface area contributed by atoms with Crippen LogP contribution in [0, 0.1) is 0 Å². The number of methoxy groups -OCH3 is 1. The molecule has 0 unspecified atom stereocenters. The van der Waals surface area contributed by atoms with Crippen LogP contribution in [0.25, 0.3) is 11.3 Å². The average molecular weight is 322 g/mol. The standard InChI is InChI=1S/C14H16BrN3O/c1-3-16-13-8-12(17-14(18-13)9-19-2)10-4-6-11(15)7-5-10/h4-8H,3,9H2,1-2H3,(H,16,17,18). The van der Waals surface area contributed by atoms with E-state index in [4.69, 9.17) is 4.74 Å². The van der Waals surface area contributed by atoms with E-state index < -0.39 is 0 Å². The maximum Gasteiger partial charge on any atom is 0.157 e. The molecule has 4 nitrogen and oxygen atoms in total. The fourth-order valence-electron chi connectivity index (χ4n) is 1.73. The van der Waals surface area contributed by atoms with Crippen LogP contribution in [-0.4, -0.2) is 23.6 Å². The van der Waals surface area contributed by atoms with E-state index in [9.17, 15) is 0 Å². The summed E-state index contributed by atoms with van der Waals surface area (Å²) in [6, 6.07) is 10.0. The Bertz CT molecular complexity index is 519. The van der Waals surface area contributed by atoms with Crippen molar-refractivity contribution in [1.82, 2.24) is 9.97 Å². The highest BCUT2D eigenvalue weighted by atomic mass is 79.9. The Kier molecular flexibility index (Phi) is 4.87. The summed E-state index contributed by atoms with van der Waals surface area (Å²) in [4.78, 5) is 8.91. The van der Waals surface area contributed by atoms with Gasteiger partial charge in [0.25, 0.3) is 0 Å². The van der Waals surface area contributed by atoms with Crippen molar-refractivity contribution in [2.24, 2.45) is 0 Å². The van der Waals surface area contributed by atoms with Gasteiger partial charge in [0.1, 0.15) is 12.4 Å². The van der Waals surface area contributed by atoms with Gasteiger partial charge in [0.15, 0.2) is 5.82 Å². The number of anilines is 1. The molecule has 2 rings (SSSR count). The van der Waals surface area contributed by atoms with Gasteiger partial charge in [-0.1, -0.05) is 28.1 Å². The molecule has 1 N–H and O–H groups in total. The van der Waals surface area contributed by atoms with Crippen molar-refractivity contribution >= 4 is 21.7 Å². The van der Waals surface area contributed by atoms with Gasteiger partial charge in [-0.3, -0.25) is 0 Å². The quantitative estimate of drug-likeness (QED) is 0.915. The molecule has 19 heavy (non-hydrogen) atoms. The van der Waals surface area contributed by atoms with Gasteiger partial charge < -0.3 is 10.1 Å². The molecule has 0 spiro atoms. The number of hydrogen-bond acceptors (Lipinski definition) is 4. The van der Waals surface area contributed by atoms with E-state index in [-0.39, 0.29) is 0 Å². The first-order valence-electron chi connectivity index (χ1n) is 6.09. The third-order valence-corrected chi connectivity index (χ3v) is 3.07. The van der Waals surface area contributed by atoms with E-state index in [0.717, 1.165) is 28.1 Å². The minimum atomic E-state index is 0.406. The second-order valence-electron chi connectivity index (χ2n) is 4.02. The summed E-state index contributed by atoms with van der Waals surface area (Å²) in [7, 11) is 1.64. The zero-order chi connectivity index (χ0) is 13.7. The first-order valence-corrected chi connectivity index (χ1v) is 6.89. The van der Waals surface area contributed by atoms with Crippen molar-refractivity contribution in [1.29, 1.82) is 0 Å². The van der Waals surface area contributed by atoms with Gasteiger partial charge in [-0.05, 0) is 19.1 Å². The molecule has 1 aromatic carbocycles. The molecule has 2 aromatic rings. The molecule has 0 atom stereocenters. The first-order chi connectivity index (χ1) is 9.22. The van der Waals surface area contributed by atoms with Gasteiger partial charge in [0.05, 0.1) is 5.69 Å². The molecule has 100 valence electrons. The maximum absolute atomic E-state index is 5.11. The van der Waals surface area contributed by atoms with Crippen LogP contribution in [0.1, 0.15) is 12.7 Å². The summed E-state index contributed by atoms with van der Waals surface area (Å²) in [5.41, 5.74) is 1.95. The average Bonchev–Trinajstić information content (AvgIpc) is 2.40. The van der Waals surface area contributed by atoms with Crippen LogP contribution in [0.2, 0.25) is 0 Å². The van der Waals surface area contributed by atoms with Gasteiger partial charge in [0.2, 0.25) is 0 Å². The molecule has 5 heteroatoms. The molecular formula is C14H16BrN3O. The van der Waals surface area contributed by atoms with Crippen LogP contribution >= 0.6 is 15.9 Å². The lowest BCUT2D eigenvalue weighted by Crippen LogP contribution is -2.05. The van der Waals surface area contributed by atoms with Crippen LogP contribution in [0.3, 0.4) is 0 Å². The molecule has 0 bridgehead atoms. The molecule has 0 aliphatic rings. The van der Waals surface area contributed by atoms with Crippen molar-refractivity contribution in [2.75, 3.05) is 19.0 Å². The lowest BCUT2D eigenvalue weighted by atomic mass is 10.1. The number of hydrogen-bond donors (Lipinski definition) is 1. The molecule has 0 aliphatic carbocycles. The smallest absolute Gasteiger partial charge is 0.157 e. The Balaban J connectivity index is 2.40. The molecule has 0 amide bonds. The van der Waals surface area contributed by atoms with Crippen LogP contribution in [0.5, 0.6) is 0 Å². The molecular weight excluding hydrogens is 306 g/mol. The third kappa shape index (κ3) is 3.75. The van der Waals surface area contributed by atoms with Gasteiger partial charge in [-0.2, -0.15) is 0 Å². The lowest BCUT2D eigenvalue weighted by Gasteiger charge is -2.08. The summed E-state index contributed by atoms with van der Waals surface area (Å²) in [5, 5.41) is 3.21. The molecule has 0 aliphatic heterocycles. The highest BCUT2D eigenvalue weighted by molar-refractivity contribution is 9.10. The van der Waals surface area contributed by atoms with E-state index in [2.05, 4.69) is 31.2 Å². The minimum Gasteiger partial charge on any atom is -0.377 e. The van der Waals surface area contributed by atoms with Gasteiger partial charge >= 0.3 is 0 Å².